The fourth-order valence-electron chi connectivity index (χ4n) is 3.92. The number of nitrogens with one attached hydrogen (secondary N) is 1. The predicted molar refractivity (Wildman–Crippen MR) is 125 cm³/mol. The van der Waals surface area contributed by atoms with Gasteiger partial charge in [0.05, 0.1) is 19.3 Å². The van der Waals surface area contributed by atoms with Crippen LogP contribution in [0.4, 0.5) is 0 Å². The lowest BCUT2D eigenvalue weighted by Gasteiger charge is -2.31. The van der Waals surface area contributed by atoms with E-state index >= 15 is 0 Å². The normalized spacial score (nSPS) is 17.2. The minimum Gasteiger partial charge on any atom is -0.497 e. The Morgan fingerprint density at radius 1 is 1.26 bits per heavy atom. The summed E-state index contributed by atoms with van der Waals surface area (Å²) in [5.41, 5.74) is 1.20. The molecule has 0 saturated carbocycles. The van der Waals surface area contributed by atoms with E-state index in [1.165, 1.54) is 16.6 Å². The number of nitrogens with zero attached hydrogens (tertiary/aromatic N) is 2. The van der Waals surface area contributed by atoms with E-state index in [0.717, 1.165) is 11.3 Å². The van der Waals surface area contributed by atoms with Gasteiger partial charge in [-0.3, -0.25) is 4.79 Å². The summed E-state index contributed by atoms with van der Waals surface area (Å²) in [5.74, 6) is 0.814. The smallest absolute Gasteiger partial charge is 0.248 e. The fourth-order valence-corrected chi connectivity index (χ4v) is 5.70. The molecule has 1 aromatic carbocycles. The molecule has 4 rings (SSSR count). The Hall–Kier alpha value is -3.37. The number of methoxy groups -OCH3 is 1. The molecule has 180 valence electrons. The lowest BCUT2D eigenvalue weighted by Crippen LogP contribution is -2.45. The molecule has 34 heavy (non-hydrogen) atoms. The Morgan fingerprint density at radius 2 is 2.06 bits per heavy atom. The number of aryl methyl sites for hydroxylation is 1. The first kappa shape index (κ1) is 23.8. The van der Waals surface area contributed by atoms with Crippen molar-refractivity contribution in [1.82, 2.24) is 14.8 Å². The Bertz CT molecular complexity index is 1250. The zero-order valence-electron chi connectivity index (χ0n) is 19.1. The van der Waals surface area contributed by atoms with E-state index in [-0.39, 0.29) is 28.8 Å². The highest BCUT2D eigenvalue weighted by Crippen LogP contribution is 2.29. The Kier molecular flexibility index (Phi) is 7.18. The minimum absolute atomic E-state index is 0.00889. The zero-order chi connectivity index (χ0) is 24.1. The first-order valence-electron chi connectivity index (χ1n) is 11.0. The van der Waals surface area contributed by atoms with E-state index in [0.29, 0.717) is 31.7 Å². The Morgan fingerprint density at radius 3 is 2.76 bits per heavy atom. The van der Waals surface area contributed by atoms with Crippen molar-refractivity contribution in [3.05, 3.63) is 65.4 Å². The van der Waals surface area contributed by atoms with Crippen molar-refractivity contribution in [3.63, 3.8) is 0 Å². The monoisotopic (exact) mass is 485 g/mol. The van der Waals surface area contributed by atoms with Crippen molar-refractivity contribution in [1.29, 1.82) is 0 Å². The van der Waals surface area contributed by atoms with Crippen LogP contribution < -0.4 is 10.1 Å². The number of ether oxygens (including phenoxy) is 1. The van der Waals surface area contributed by atoms with Crippen LogP contribution >= 0.6 is 0 Å². The lowest BCUT2D eigenvalue weighted by molar-refractivity contribution is -0.126. The molecule has 1 amide bonds. The number of carbonyl (C=O) groups excluding carboxylic acids is 1. The number of furan rings is 1. The molecule has 0 aliphatic carbocycles. The van der Waals surface area contributed by atoms with Crippen LogP contribution in [0.25, 0.3) is 12.2 Å². The van der Waals surface area contributed by atoms with E-state index in [1.807, 2.05) is 24.3 Å². The van der Waals surface area contributed by atoms with Gasteiger partial charge in [0.2, 0.25) is 15.9 Å². The van der Waals surface area contributed by atoms with Crippen LogP contribution in [0.2, 0.25) is 0 Å². The van der Waals surface area contributed by atoms with Gasteiger partial charge in [0.1, 0.15) is 17.2 Å². The number of hydrogen-bond donors (Lipinski definition) is 1. The van der Waals surface area contributed by atoms with E-state index in [1.54, 1.807) is 32.2 Å². The summed E-state index contributed by atoms with van der Waals surface area (Å²) in [6.07, 6.45) is 5.87. The predicted octanol–water partition coefficient (Wildman–Crippen LogP) is 3.47. The van der Waals surface area contributed by atoms with Gasteiger partial charge >= 0.3 is 0 Å². The van der Waals surface area contributed by atoms with E-state index in [9.17, 15) is 13.2 Å². The molecule has 9 nitrogen and oxygen atoms in total. The van der Waals surface area contributed by atoms with Crippen molar-refractivity contribution in [2.24, 2.45) is 5.92 Å². The van der Waals surface area contributed by atoms with Crippen LogP contribution in [0.3, 0.4) is 0 Å². The summed E-state index contributed by atoms with van der Waals surface area (Å²) < 4.78 is 44.0. The summed E-state index contributed by atoms with van der Waals surface area (Å²) in [7, 11) is -2.31. The number of piperidine rings is 1. The summed E-state index contributed by atoms with van der Waals surface area (Å²) >= 11 is 0. The molecule has 1 aliphatic rings. The molecule has 3 aromatic rings. The molecule has 3 heterocycles. The summed E-state index contributed by atoms with van der Waals surface area (Å²) in [4.78, 5) is 12.8. The van der Waals surface area contributed by atoms with Crippen molar-refractivity contribution < 1.29 is 26.9 Å². The van der Waals surface area contributed by atoms with Gasteiger partial charge in [0.15, 0.2) is 10.7 Å². The molecular weight excluding hydrogens is 458 g/mol. The number of hydrogen-bond acceptors (Lipinski definition) is 7. The lowest BCUT2D eigenvalue weighted by atomic mass is 9.99. The van der Waals surface area contributed by atoms with Gasteiger partial charge in [0.25, 0.3) is 0 Å². The zero-order valence-corrected chi connectivity index (χ0v) is 19.9. The highest BCUT2D eigenvalue weighted by atomic mass is 32.2. The van der Waals surface area contributed by atoms with Crippen LogP contribution in [0.1, 0.15) is 35.6 Å². The maximum absolute atomic E-state index is 13.5. The average molecular weight is 486 g/mol. The Labute approximate surface area is 198 Å². The quantitative estimate of drug-likeness (QED) is 0.519. The first-order valence-corrected chi connectivity index (χ1v) is 12.4. The van der Waals surface area contributed by atoms with Gasteiger partial charge in [-0.15, -0.1) is 0 Å². The van der Waals surface area contributed by atoms with Crippen molar-refractivity contribution >= 4 is 28.1 Å². The number of sulfonamides is 1. The molecule has 0 radical (unpaired) electrons. The van der Waals surface area contributed by atoms with Gasteiger partial charge in [-0.05, 0) is 61.7 Å². The second-order valence-electron chi connectivity index (χ2n) is 8.08. The van der Waals surface area contributed by atoms with Crippen LogP contribution in [0.5, 0.6) is 5.75 Å². The third-order valence-electron chi connectivity index (χ3n) is 5.75. The average Bonchev–Trinajstić information content (AvgIpc) is 3.51. The van der Waals surface area contributed by atoms with E-state index < -0.39 is 15.9 Å². The highest BCUT2D eigenvalue weighted by molar-refractivity contribution is 7.89. The topological polar surface area (TPSA) is 115 Å². The summed E-state index contributed by atoms with van der Waals surface area (Å²) in [5, 5.41) is 6.77. The van der Waals surface area contributed by atoms with Crippen molar-refractivity contribution in [2.75, 3.05) is 20.2 Å². The standard InChI is InChI=1S/C24H27N3O6S/c1-17-23(22(33-26-17)12-11-21-6-4-14-32-21)34(29,30)27-13-3-5-19(16-27)24(28)25-15-18-7-9-20(31-2)10-8-18/h4,6-12,14,19H,3,5,13,15-16H2,1-2H3,(H,25,28)/b12-11+. The maximum atomic E-state index is 13.5. The number of carbonyl (C=O) groups is 1. The van der Waals surface area contributed by atoms with Gasteiger partial charge in [-0.2, -0.15) is 4.31 Å². The third kappa shape index (κ3) is 5.23. The second kappa shape index (κ2) is 10.3. The van der Waals surface area contributed by atoms with Gasteiger partial charge in [0, 0.05) is 19.6 Å². The second-order valence-corrected chi connectivity index (χ2v) is 9.95. The number of aromatic nitrogens is 1. The minimum atomic E-state index is -3.91. The van der Waals surface area contributed by atoms with Gasteiger partial charge < -0.3 is 19.0 Å². The summed E-state index contributed by atoms with van der Waals surface area (Å²) in [6, 6.07) is 10.9. The van der Waals surface area contributed by atoms with Gasteiger partial charge in [-0.1, -0.05) is 17.3 Å². The van der Waals surface area contributed by atoms with Crippen LogP contribution in [-0.4, -0.2) is 44.0 Å². The Balaban J connectivity index is 1.45. The fraction of sp³-hybridized carbons (Fsp3) is 0.333. The molecule has 1 saturated heterocycles. The van der Waals surface area contributed by atoms with E-state index in [2.05, 4.69) is 10.5 Å². The highest BCUT2D eigenvalue weighted by Gasteiger charge is 2.36. The maximum Gasteiger partial charge on any atom is 0.248 e. The molecule has 1 aliphatic heterocycles. The molecule has 2 aromatic heterocycles. The molecular formula is C24H27N3O6S. The summed E-state index contributed by atoms with van der Waals surface area (Å²) in [6.45, 7) is 2.38. The third-order valence-corrected chi connectivity index (χ3v) is 7.78. The van der Waals surface area contributed by atoms with Crippen molar-refractivity contribution in [3.8, 4) is 5.75 Å². The molecule has 1 unspecified atom stereocenters. The molecule has 1 fully saturated rings. The van der Waals surface area contributed by atoms with Crippen LogP contribution in [-0.2, 0) is 21.4 Å². The molecule has 0 spiro atoms. The molecule has 10 heteroatoms. The largest absolute Gasteiger partial charge is 0.497 e. The first-order chi connectivity index (χ1) is 16.4. The number of rotatable bonds is 8. The van der Waals surface area contributed by atoms with Crippen molar-refractivity contribution in [2.45, 2.75) is 31.2 Å². The number of benzene rings is 1. The molecule has 1 N–H and O–H groups in total. The number of amides is 1. The van der Waals surface area contributed by atoms with Crippen LogP contribution in [0.15, 0.2) is 56.5 Å². The molecule has 0 bridgehead atoms. The van der Waals surface area contributed by atoms with E-state index in [4.69, 9.17) is 13.7 Å². The van der Waals surface area contributed by atoms with Crippen LogP contribution in [0, 0.1) is 12.8 Å². The SMILES string of the molecule is COc1ccc(CNC(=O)C2CCCN(S(=O)(=O)c3c(C)noc3/C=C/c3ccco3)C2)cc1. The molecule has 1 atom stereocenters. The van der Waals surface area contributed by atoms with Gasteiger partial charge in [-0.25, -0.2) is 8.42 Å².